The van der Waals surface area contributed by atoms with Crippen LogP contribution in [0.2, 0.25) is 0 Å². The molecule has 0 bridgehead atoms. The van der Waals surface area contributed by atoms with E-state index in [0.717, 1.165) is 6.07 Å². The number of benzene rings is 1. The number of rotatable bonds is 3. The van der Waals surface area contributed by atoms with Gasteiger partial charge in [-0.2, -0.15) is 0 Å². The zero-order valence-electron chi connectivity index (χ0n) is 11.4. The summed E-state index contributed by atoms with van der Waals surface area (Å²) in [6, 6.07) is 6.31. The highest BCUT2D eigenvalue weighted by atomic mass is 19.2. The summed E-state index contributed by atoms with van der Waals surface area (Å²) in [7, 11) is 0. The summed E-state index contributed by atoms with van der Waals surface area (Å²) in [5, 5.41) is 5.65. The fraction of sp³-hybridized carbons (Fsp3) is 0. The number of halogens is 3. The SMILES string of the molecule is O=C(Nc1ccc(F)c(F)c1F)c1cc(-c2cccnc2)on1. The lowest BCUT2D eigenvalue weighted by Crippen LogP contribution is -2.14. The second-order valence-electron chi connectivity index (χ2n) is 4.50. The Kier molecular flexibility index (Phi) is 3.80. The Bertz CT molecular complexity index is 866. The van der Waals surface area contributed by atoms with Crippen LogP contribution in [0.15, 0.2) is 47.2 Å². The smallest absolute Gasteiger partial charge is 0.277 e. The fourth-order valence-corrected chi connectivity index (χ4v) is 1.84. The zero-order valence-corrected chi connectivity index (χ0v) is 11.4. The lowest BCUT2D eigenvalue weighted by molar-refractivity contribution is 0.101. The van der Waals surface area contributed by atoms with Crippen LogP contribution in [0.25, 0.3) is 11.3 Å². The van der Waals surface area contributed by atoms with E-state index in [9.17, 15) is 18.0 Å². The Hall–Kier alpha value is -3.16. The molecule has 0 fully saturated rings. The summed E-state index contributed by atoms with van der Waals surface area (Å²) >= 11 is 0. The van der Waals surface area contributed by atoms with Crippen molar-refractivity contribution < 1.29 is 22.5 Å². The van der Waals surface area contributed by atoms with E-state index in [2.05, 4.69) is 15.5 Å². The number of aromatic nitrogens is 2. The first-order valence-electron chi connectivity index (χ1n) is 6.38. The average Bonchev–Trinajstić information content (AvgIpc) is 3.06. The highest BCUT2D eigenvalue weighted by Gasteiger charge is 2.18. The van der Waals surface area contributed by atoms with Crippen molar-refractivity contribution in [1.29, 1.82) is 0 Å². The van der Waals surface area contributed by atoms with Gasteiger partial charge in [0.1, 0.15) is 0 Å². The van der Waals surface area contributed by atoms with Gasteiger partial charge >= 0.3 is 0 Å². The molecule has 0 aliphatic heterocycles. The highest BCUT2D eigenvalue weighted by Crippen LogP contribution is 2.22. The number of anilines is 1. The van der Waals surface area contributed by atoms with Gasteiger partial charge in [0, 0.05) is 24.0 Å². The Morgan fingerprint density at radius 1 is 1.13 bits per heavy atom. The number of amides is 1. The predicted molar refractivity (Wildman–Crippen MR) is 74.0 cm³/mol. The number of nitrogens with zero attached hydrogens (tertiary/aromatic N) is 2. The van der Waals surface area contributed by atoms with Crippen LogP contribution < -0.4 is 5.32 Å². The number of hydrogen-bond acceptors (Lipinski definition) is 4. The molecule has 116 valence electrons. The van der Waals surface area contributed by atoms with Gasteiger partial charge in [-0.1, -0.05) is 5.16 Å². The monoisotopic (exact) mass is 319 g/mol. The standard InChI is InChI=1S/C15H8F3N3O2/c16-9-3-4-10(14(18)13(9)17)20-15(22)11-6-12(23-21-11)8-2-1-5-19-7-8/h1-7H,(H,20,22). The molecule has 2 heterocycles. The van der Waals surface area contributed by atoms with Crippen molar-refractivity contribution in [2.45, 2.75) is 0 Å². The molecule has 3 aromatic rings. The number of pyridine rings is 1. The summed E-state index contributed by atoms with van der Waals surface area (Å²) in [6.07, 6.45) is 3.08. The maximum Gasteiger partial charge on any atom is 0.277 e. The molecular weight excluding hydrogens is 311 g/mol. The molecule has 1 N–H and O–H groups in total. The third-order valence-electron chi connectivity index (χ3n) is 2.97. The van der Waals surface area contributed by atoms with Gasteiger partial charge in [0.05, 0.1) is 5.69 Å². The van der Waals surface area contributed by atoms with Gasteiger partial charge in [0.15, 0.2) is 28.9 Å². The summed E-state index contributed by atoms with van der Waals surface area (Å²) in [5.41, 5.74) is -0.0501. The minimum absolute atomic E-state index is 0.145. The van der Waals surface area contributed by atoms with Gasteiger partial charge in [-0.25, -0.2) is 13.2 Å². The molecule has 0 unspecified atom stereocenters. The number of carbonyl (C=O) groups is 1. The van der Waals surface area contributed by atoms with E-state index in [-0.39, 0.29) is 11.5 Å². The van der Waals surface area contributed by atoms with Gasteiger partial charge in [0.2, 0.25) is 0 Å². The molecule has 0 saturated carbocycles. The Morgan fingerprint density at radius 3 is 2.70 bits per heavy atom. The Balaban J connectivity index is 1.82. The van der Waals surface area contributed by atoms with Gasteiger partial charge in [-0.05, 0) is 24.3 Å². The molecule has 0 atom stereocenters. The molecule has 0 saturated heterocycles. The molecule has 0 aliphatic carbocycles. The van der Waals surface area contributed by atoms with Crippen molar-refractivity contribution >= 4 is 11.6 Å². The van der Waals surface area contributed by atoms with Crippen molar-refractivity contribution in [3.05, 3.63) is 65.9 Å². The second kappa shape index (κ2) is 5.91. The molecule has 0 aliphatic rings. The van der Waals surface area contributed by atoms with Crippen LogP contribution in [-0.2, 0) is 0 Å². The summed E-state index contributed by atoms with van der Waals surface area (Å²) in [4.78, 5) is 15.9. The van der Waals surface area contributed by atoms with Crippen LogP contribution in [0, 0.1) is 17.5 Å². The van der Waals surface area contributed by atoms with Crippen molar-refractivity contribution in [2.75, 3.05) is 5.32 Å². The maximum atomic E-state index is 13.5. The molecule has 5 nitrogen and oxygen atoms in total. The molecule has 3 rings (SSSR count). The van der Waals surface area contributed by atoms with Gasteiger partial charge in [0.25, 0.3) is 5.91 Å². The summed E-state index contributed by atoms with van der Waals surface area (Å²) in [6.45, 7) is 0. The highest BCUT2D eigenvalue weighted by molar-refractivity contribution is 6.03. The Morgan fingerprint density at radius 2 is 1.96 bits per heavy atom. The van der Waals surface area contributed by atoms with E-state index in [0.29, 0.717) is 11.6 Å². The van der Waals surface area contributed by atoms with Gasteiger partial charge < -0.3 is 9.84 Å². The third-order valence-corrected chi connectivity index (χ3v) is 2.97. The third kappa shape index (κ3) is 2.91. The molecule has 8 heteroatoms. The predicted octanol–water partition coefficient (Wildman–Crippen LogP) is 3.41. The number of nitrogens with one attached hydrogen (secondary N) is 1. The van der Waals surface area contributed by atoms with Crippen molar-refractivity contribution in [1.82, 2.24) is 10.1 Å². The van der Waals surface area contributed by atoms with Crippen LogP contribution in [0.1, 0.15) is 10.5 Å². The Labute approximate surface area is 127 Å². The van der Waals surface area contributed by atoms with E-state index in [4.69, 9.17) is 4.52 Å². The van der Waals surface area contributed by atoms with E-state index < -0.39 is 29.0 Å². The van der Waals surface area contributed by atoms with Crippen LogP contribution in [0.5, 0.6) is 0 Å². The van der Waals surface area contributed by atoms with Crippen LogP contribution in [0.3, 0.4) is 0 Å². The van der Waals surface area contributed by atoms with E-state index in [1.807, 2.05) is 0 Å². The van der Waals surface area contributed by atoms with E-state index in [1.165, 1.54) is 12.3 Å². The summed E-state index contributed by atoms with van der Waals surface area (Å²) < 4.78 is 44.5. The minimum atomic E-state index is -1.67. The first kappa shape index (κ1) is 14.8. The molecule has 23 heavy (non-hydrogen) atoms. The first-order valence-corrected chi connectivity index (χ1v) is 6.38. The lowest BCUT2D eigenvalue weighted by Gasteiger charge is -2.05. The molecule has 0 spiro atoms. The van der Waals surface area contributed by atoms with Crippen LogP contribution >= 0.6 is 0 Å². The molecule has 2 aromatic heterocycles. The minimum Gasteiger partial charge on any atom is -0.355 e. The van der Waals surface area contributed by atoms with Crippen molar-refractivity contribution in [2.24, 2.45) is 0 Å². The van der Waals surface area contributed by atoms with Gasteiger partial charge in [-0.15, -0.1) is 0 Å². The molecular formula is C15H8F3N3O2. The van der Waals surface area contributed by atoms with Crippen molar-refractivity contribution in [3.8, 4) is 11.3 Å². The van der Waals surface area contributed by atoms with Gasteiger partial charge in [-0.3, -0.25) is 9.78 Å². The molecule has 0 radical (unpaired) electrons. The fourth-order valence-electron chi connectivity index (χ4n) is 1.84. The molecule has 1 aromatic carbocycles. The quantitative estimate of drug-likeness (QED) is 0.751. The lowest BCUT2D eigenvalue weighted by atomic mass is 10.2. The molecule has 1 amide bonds. The second-order valence-corrected chi connectivity index (χ2v) is 4.50. The first-order chi connectivity index (χ1) is 11.1. The summed E-state index contributed by atoms with van der Waals surface area (Å²) in [5.74, 6) is -5.04. The maximum absolute atomic E-state index is 13.5. The van der Waals surface area contributed by atoms with Crippen LogP contribution in [-0.4, -0.2) is 16.0 Å². The largest absolute Gasteiger partial charge is 0.355 e. The number of hydrogen-bond donors (Lipinski definition) is 1. The van der Waals surface area contributed by atoms with E-state index >= 15 is 0 Å². The number of carbonyl (C=O) groups excluding carboxylic acids is 1. The zero-order chi connectivity index (χ0) is 16.4. The van der Waals surface area contributed by atoms with Crippen molar-refractivity contribution in [3.63, 3.8) is 0 Å². The van der Waals surface area contributed by atoms with Crippen LogP contribution in [0.4, 0.5) is 18.9 Å². The normalized spacial score (nSPS) is 10.6. The van der Waals surface area contributed by atoms with E-state index in [1.54, 1.807) is 18.3 Å². The average molecular weight is 319 g/mol. The topological polar surface area (TPSA) is 68.0 Å².